The van der Waals surface area contributed by atoms with Crippen molar-refractivity contribution in [1.29, 1.82) is 0 Å². The summed E-state index contributed by atoms with van der Waals surface area (Å²) in [6, 6.07) is 12.3. The van der Waals surface area contributed by atoms with Gasteiger partial charge in [-0.15, -0.1) is 0 Å². The Kier molecular flexibility index (Phi) is 7.82. The lowest BCUT2D eigenvalue weighted by molar-refractivity contribution is -0.145. The molecule has 0 spiro atoms. The largest absolute Gasteiger partial charge is 0.508 e. The molecule has 4 rings (SSSR count). The minimum atomic E-state index is -1.11. The number of rotatable bonds is 3. The molecule has 0 saturated heterocycles. The van der Waals surface area contributed by atoms with Crippen LogP contribution in [0.15, 0.2) is 60.7 Å². The van der Waals surface area contributed by atoms with Gasteiger partial charge in [0.2, 0.25) is 11.8 Å². The Bertz CT molecular complexity index is 1360. The van der Waals surface area contributed by atoms with Gasteiger partial charge in [0, 0.05) is 24.0 Å². The van der Waals surface area contributed by atoms with Crippen molar-refractivity contribution in [1.82, 2.24) is 10.6 Å². The number of amides is 2. The lowest BCUT2D eigenvalue weighted by Crippen LogP contribution is -2.56. The Labute approximate surface area is 219 Å². The summed E-state index contributed by atoms with van der Waals surface area (Å²) in [5.74, 6) is -2.05. The molecule has 10 heteroatoms. The molecule has 2 amide bonds. The molecule has 0 fully saturated rings. The zero-order chi connectivity index (χ0) is 27.4. The first-order chi connectivity index (χ1) is 18.1. The minimum Gasteiger partial charge on any atom is -0.508 e. The van der Waals surface area contributed by atoms with E-state index in [0.717, 1.165) is 0 Å². The minimum absolute atomic E-state index is 0.0194. The van der Waals surface area contributed by atoms with Gasteiger partial charge in [0.25, 0.3) is 0 Å². The van der Waals surface area contributed by atoms with Crippen molar-refractivity contribution >= 4 is 17.8 Å². The Morgan fingerprint density at radius 1 is 0.868 bits per heavy atom. The van der Waals surface area contributed by atoms with Crippen molar-refractivity contribution < 1.29 is 34.4 Å². The molecule has 0 aliphatic carbocycles. The maximum Gasteiger partial charge on any atom is 0.328 e. The summed E-state index contributed by atoms with van der Waals surface area (Å²) in [6.45, 7) is 0. The molecule has 2 unspecified atom stereocenters. The van der Waals surface area contributed by atoms with Crippen molar-refractivity contribution in [2.75, 3.05) is 7.11 Å². The number of hydrogen-bond donors (Lipinski definition) is 6. The summed E-state index contributed by atoms with van der Waals surface area (Å²) in [6.07, 6.45) is 0.189. The molecule has 3 aromatic rings. The van der Waals surface area contributed by atoms with E-state index in [-0.39, 0.29) is 36.5 Å². The van der Waals surface area contributed by atoms with E-state index < -0.39 is 35.9 Å². The molecule has 1 heterocycles. The molecule has 1 aliphatic heterocycles. The summed E-state index contributed by atoms with van der Waals surface area (Å²) in [5, 5.41) is 36.0. The van der Waals surface area contributed by atoms with E-state index in [0.29, 0.717) is 27.8 Å². The summed E-state index contributed by atoms with van der Waals surface area (Å²) in [7, 11) is 1.20. The van der Waals surface area contributed by atoms with E-state index in [1.165, 1.54) is 31.4 Å². The van der Waals surface area contributed by atoms with Crippen LogP contribution in [0.25, 0.3) is 11.1 Å². The van der Waals surface area contributed by atoms with E-state index >= 15 is 0 Å². The normalized spacial score (nSPS) is 19.9. The van der Waals surface area contributed by atoms with Crippen LogP contribution in [0.2, 0.25) is 0 Å². The van der Waals surface area contributed by atoms with Gasteiger partial charge in [-0.1, -0.05) is 24.3 Å². The van der Waals surface area contributed by atoms with Crippen LogP contribution in [0.1, 0.15) is 16.7 Å². The number of benzene rings is 3. The number of carbonyl (C=O) groups is 3. The second-order valence-corrected chi connectivity index (χ2v) is 9.23. The van der Waals surface area contributed by atoms with E-state index in [2.05, 4.69) is 10.6 Å². The van der Waals surface area contributed by atoms with Gasteiger partial charge in [0.15, 0.2) is 0 Å². The predicted molar refractivity (Wildman–Crippen MR) is 138 cm³/mol. The predicted octanol–water partition coefficient (Wildman–Crippen LogP) is 1.28. The number of esters is 1. The molecule has 38 heavy (non-hydrogen) atoms. The number of ether oxygens (including phenoxy) is 1. The highest BCUT2D eigenvalue weighted by Gasteiger charge is 2.30. The molecule has 198 valence electrons. The molecule has 3 atom stereocenters. The monoisotopic (exact) mass is 519 g/mol. The summed E-state index contributed by atoms with van der Waals surface area (Å²) in [5.41, 5.74) is 8.71. The third kappa shape index (κ3) is 6.04. The number of hydrogen-bond acceptors (Lipinski definition) is 8. The van der Waals surface area contributed by atoms with Gasteiger partial charge < -0.3 is 36.4 Å². The maximum atomic E-state index is 13.4. The van der Waals surface area contributed by atoms with Crippen molar-refractivity contribution in [3.8, 4) is 28.4 Å². The quantitative estimate of drug-likeness (QED) is 0.281. The van der Waals surface area contributed by atoms with E-state index in [1.807, 2.05) is 0 Å². The number of carbonyl (C=O) groups excluding carboxylic acids is 3. The number of nitrogens with one attached hydrogen (secondary N) is 2. The zero-order valence-corrected chi connectivity index (χ0v) is 20.7. The Hall–Kier alpha value is -4.57. The van der Waals surface area contributed by atoms with Gasteiger partial charge in [0.1, 0.15) is 29.3 Å². The summed E-state index contributed by atoms with van der Waals surface area (Å²) >= 11 is 0. The Balaban J connectivity index is 1.77. The lowest BCUT2D eigenvalue weighted by Gasteiger charge is -2.24. The number of methoxy groups -OCH3 is 1. The summed E-state index contributed by atoms with van der Waals surface area (Å²) < 4.78 is 4.90. The first kappa shape index (κ1) is 26.5. The molecular weight excluding hydrogens is 490 g/mol. The second-order valence-electron chi connectivity index (χ2n) is 9.23. The fourth-order valence-corrected chi connectivity index (χ4v) is 4.40. The second kappa shape index (κ2) is 11.2. The highest BCUT2D eigenvalue weighted by Crippen LogP contribution is 2.37. The zero-order valence-electron chi connectivity index (χ0n) is 20.7. The number of phenolic OH excluding ortho intramolecular Hbond substituents is 3. The van der Waals surface area contributed by atoms with Crippen LogP contribution in [0.5, 0.6) is 17.2 Å². The fourth-order valence-electron chi connectivity index (χ4n) is 4.40. The van der Waals surface area contributed by atoms with E-state index in [4.69, 9.17) is 10.5 Å². The van der Waals surface area contributed by atoms with Gasteiger partial charge in [-0.05, 0) is 59.5 Å². The number of fused-ring (bicyclic) bond motifs is 5. The van der Waals surface area contributed by atoms with Gasteiger partial charge in [-0.2, -0.15) is 0 Å². The molecule has 3 aromatic carbocycles. The maximum absolute atomic E-state index is 13.4. The molecular formula is C28H29N3O7. The topological polar surface area (TPSA) is 171 Å². The standard InChI is InChI=1S/C28H29N3O7/c1-38-28(37)23-14-17-5-9-25(34)20(11-17)19-10-16(4-8-24(19)33)12-21(29)26(35)30-22(27(36)31-23)13-15-2-6-18(32)7-3-15/h2-11,21-23,32-34H,12-14,29H2,1H3,(H,30,35)(H,31,36)/t21?,22-,23?/m0/s1. The smallest absolute Gasteiger partial charge is 0.328 e. The first-order valence-electron chi connectivity index (χ1n) is 12.0. The van der Waals surface area contributed by atoms with Crippen molar-refractivity contribution in [2.24, 2.45) is 5.73 Å². The molecule has 1 aliphatic rings. The highest BCUT2D eigenvalue weighted by atomic mass is 16.5. The van der Waals surface area contributed by atoms with Crippen LogP contribution in [0, 0.1) is 0 Å². The summed E-state index contributed by atoms with van der Waals surface area (Å²) in [4.78, 5) is 39.1. The average Bonchev–Trinajstić information content (AvgIpc) is 2.90. The third-order valence-corrected chi connectivity index (χ3v) is 6.46. The van der Waals surface area contributed by atoms with Crippen molar-refractivity contribution in [2.45, 2.75) is 37.4 Å². The molecule has 0 aromatic heterocycles. The van der Waals surface area contributed by atoms with E-state index in [1.54, 1.807) is 36.4 Å². The molecule has 10 nitrogen and oxygen atoms in total. The molecule has 0 saturated carbocycles. The van der Waals surface area contributed by atoms with Gasteiger partial charge >= 0.3 is 5.97 Å². The third-order valence-electron chi connectivity index (χ3n) is 6.46. The van der Waals surface area contributed by atoms with Gasteiger partial charge in [-0.25, -0.2) is 4.79 Å². The number of nitrogens with two attached hydrogens (primary N) is 1. The first-order valence-corrected chi connectivity index (χ1v) is 12.0. The fraction of sp³-hybridized carbons (Fsp3) is 0.250. The SMILES string of the molecule is COC(=O)C1Cc2ccc(O)c(c2)-c2cc(ccc2O)CC(N)C(=O)N[C@@H](Cc2ccc(O)cc2)C(=O)N1. The Morgan fingerprint density at radius 2 is 1.45 bits per heavy atom. The van der Waals surface area contributed by atoms with Crippen LogP contribution < -0.4 is 16.4 Å². The van der Waals surface area contributed by atoms with Crippen molar-refractivity contribution in [3.63, 3.8) is 0 Å². The van der Waals surface area contributed by atoms with Crippen molar-refractivity contribution in [3.05, 3.63) is 77.4 Å². The highest BCUT2D eigenvalue weighted by molar-refractivity contribution is 5.92. The van der Waals surface area contributed by atoms with Gasteiger partial charge in [0.05, 0.1) is 13.2 Å². The van der Waals surface area contributed by atoms with Crippen LogP contribution in [0.3, 0.4) is 0 Å². The molecule has 7 N–H and O–H groups in total. The van der Waals surface area contributed by atoms with Crippen LogP contribution in [-0.2, 0) is 38.4 Å². The average molecular weight is 520 g/mol. The number of aromatic hydroxyl groups is 3. The molecule has 4 bridgehead atoms. The van der Waals surface area contributed by atoms with Crippen LogP contribution in [-0.4, -0.2) is 58.3 Å². The van der Waals surface area contributed by atoms with Crippen LogP contribution in [0.4, 0.5) is 0 Å². The number of phenols is 3. The molecule has 0 radical (unpaired) electrons. The van der Waals surface area contributed by atoms with E-state index in [9.17, 15) is 29.7 Å². The van der Waals surface area contributed by atoms with Gasteiger partial charge in [-0.3, -0.25) is 9.59 Å². The van der Waals surface area contributed by atoms with Crippen LogP contribution >= 0.6 is 0 Å². The Morgan fingerprint density at radius 3 is 2.03 bits per heavy atom. The lowest BCUT2D eigenvalue weighted by atomic mass is 9.95.